The van der Waals surface area contributed by atoms with Crippen molar-refractivity contribution < 1.29 is 4.42 Å². The number of fused-ring (bicyclic) bond motifs is 9. The molecule has 0 atom stereocenters. The van der Waals surface area contributed by atoms with Crippen LogP contribution in [-0.2, 0) is 0 Å². The summed E-state index contributed by atoms with van der Waals surface area (Å²) in [6.07, 6.45) is 0. The molecule has 0 saturated carbocycles. The van der Waals surface area contributed by atoms with Crippen molar-refractivity contribution in [3.63, 3.8) is 0 Å². The third-order valence-electron chi connectivity index (χ3n) is 10.8. The molecule has 0 spiro atoms. The van der Waals surface area contributed by atoms with Gasteiger partial charge >= 0.3 is 0 Å². The average Bonchev–Trinajstić information content (AvgIpc) is 3.89. The van der Waals surface area contributed by atoms with Gasteiger partial charge in [0.2, 0.25) is 0 Å². The van der Waals surface area contributed by atoms with Crippen molar-refractivity contribution in [3.8, 4) is 5.69 Å². The molecule has 11 aromatic rings. The quantitative estimate of drug-likeness (QED) is 0.184. The molecule has 3 aromatic heterocycles. The molecule has 5 heteroatoms. The lowest BCUT2D eigenvalue weighted by Crippen LogP contribution is -2.12. The van der Waals surface area contributed by atoms with E-state index in [0.717, 1.165) is 61.4 Å². The fraction of sp³-hybridized carbons (Fsp3) is 0. The van der Waals surface area contributed by atoms with E-state index in [2.05, 4.69) is 178 Å². The van der Waals surface area contributed by atoms with Crippen LogP contribution in [0.4, 0.5) is 34.1 Å². The summed E-state index contributed by atoms with van der Waals surface area (Å²) in [4.78, 5) is 4.95. The Labute approximate surface area is 308 Å². The normalized spacial score (nSPS) is 12.8. The van der Waals surface area contributed by atoms with Gasteiger partial charge in [-0.1, -0.05) is 84.9 Å². The predicted molar refractivity (Wildman–Crippen MR) is 224 cm³/mol. The Balaban J connectivity index is 1.29. The van der Waals surface area contributed by atoms with Crippen LogP contribution >= 0.6 is 11.3 Å². The molecular weight excluding hydrogens is 667 g/mol. The molecule has 0 aliphatic carbocycles. The van der Waals surface area contributed by atoms with E-state index in [1.54, 1.807) is 0 Å². The zero-order chi connectivity index (χ0) is 34.6. The number of benzene rings is 8. The van der Waals surface area contributed by atoms with Gasteiger partial charge in [-0.15, -0.1) is 11.3 Å². The SMILES string of the molecule is c1ccc(N2c3cc(c4c5ccccc5n(-c5ccc6oc7ccccc7c6c5)c4c3)N(c3ccccc3)c3cccc4sc5cccc2c5c34)cc1. The van der Waals surface area contributed by atoms with E-state index in [1.807, 2.05) is 23.5 Å². The Morgan fingerprint density at radius 1 is 0.358 bits per heavy atom. The van der Waals surface area contributed by atoms with Crippen molar-refractivity contribution in [3.05, 3.63) is 176 Å². The third kappa shape index (κ3) is 4.05. The molecule has 0 N–H and O–H groups in total. The minimum absolute atomic E-state index is 0.889. The van der Waals surface area contributed by atoms with Gasteiger partial charge in [0.05, 0.1) is 33.8 Å². The van der Waals surface area contributed by atoms with E-state index in [-0.39, 0.29) is 0 Å². The molecule has 1 aliphatic heterocycles. The Morgan fingerprint density at radius 3 is 1.74 bits per heavy atom. The summed E-state index contributed by atoms with van der Waals surface area (Å²) < 4.78 is 11.3. The molecule has 12 rings (SSSR count). The van der Waals surface area contributed by atoms with Crippen LogP contribution in [0, 0.1) is 0 Å². The molecule has 0 amide bonds. The lowest BCUT2D eigenvalue weighted by Gasteiger charge is -2.29. The highest BCUT2D eigenvalue weighted by molar-refractivity contribution is 7.26. The summed E-state index contributed by atoms with van der Waals surface area (Å²) in [7, 11) is 0. The summed E-state index contributed by atoms with van der Waals surface area (Å²) in [5, 5.41) is 7.17. The van der Waals surface area contributed by atoms with Crippen molar-refractivity contribution >= 4 is 109 Å². The average molecular weight is 696 g/mol. The van der Waals surface area contributed by atoms with Crippen molar-refractivity contribution in [2.75, 3.05) is 9.80 Å². The van der Waals surface area contributed by atoms with Gasteiger partial charge in [-0.05, 0) is 91.0 Å². The third-order valence-corrected chi connectivity index (χ3v) is 12.0. The summed E-state index contributed by atoms with van der Waals surface area (Å²) in [6.45, 7) is 0. The van der Waals surface area contributed by atoms with Crippen LogP contribution in [0.5, 0.6) is 0 Å². The van der Waals surface area contributed by atoms with Crippen LogP contribution in [0.25, 0.3) is 69.6 Å². The topological polar surface area (TPSA) is 24.6 Å². The highest BCUT2D eigenvalue weighted by atomic mass is 32.1. The van der Waals surface area contributed by atoms with E-state index in [1.165, 1.54) is 42.3 Å². The van der Waals surface area contributed by atoms with Gasteiger partial charge in [0.25, 0.3) is 0 Å². The minimum Gasteiger partial charge on any atom is -0.456 e. The first-order valence-corrected chi connectivity index (χ1v) is 18.8. The second-order valence-electron chi connectivity index (χ2n) is 13.7. The Hall–Kier alpha value is -6.82. The van der Waals surface area contributed by atoms with Crippen LogP contribution < -0.4 is 9.80 Å². The Kier molecular flexibility index (Phi) is 5.90. The monoisotopic (exact) mass is 695 g/mol. The van der Waals surface area contributed by atoms with Gasteiger partial charge in [-0.2, -0.15) is 0 Å². The molecule has 1 aliphatic rings. The van der Waals surface area contributed by atoms with Crippen LogP contribution in [0.15, 0.2) is 180 Å². The molecule has 0 fully saturated rings. The second kappa shape index (κ2) is 10.8. The van der Waals surface area contributed by atoms with Gasteiger partial charge in [0, 0.05) is 58.8 Å². The summed E-state index contributed by atoms with van der Waals surface area (Å²) in [5.74, 6) is 0. The molecule has 8 aromatic carbocycles. The van der Waals surface area contributed by atoms with Crippen LogP contribution in [0.1, 0.15) is 0 Å². The molecule has 4 heterocycles. The van der Waals surface area contributed by atoms with E-state index in [0.29, 0.717) is 0 Å². The molecule has 248 valence electrons. The zero-order valence-electron chi connectivity index (χ0n) is 28.4. The van der Waals surface area contributed by atoms with Crippen LogP contribution in [0.3, 0.4) is 0 Å². The lowest BCUT2D eigenvalue weighted by molar-refractivity contribution is 0.669. The van der Waals surface area contributed by atoms with Gasteiger partial charge in [0.1, 0.15) is 11.2 Å². The molecule has 0 saturated heterocycles. The molecule has 0 unspecified atom stereocenters. The number of hydrogen-bond acceptors (Lipinski definition) is 4. The number of para-hydroxylation sites is 4. The van der Waals surface area contributed by atoms with Crippen LogP contribution in [0.2, 0.25) is 0 Å². The standard InChI is InChI=1S/C48H29N3OS/c1-3-13-30(14-4-1)49-33-28-40(50(31-15-5-2-6-16-31)39-21-12-24-45-48(39)47-38(49)20-11-23-44(47)53-45)46-35-18-7-9-19-37(35)51(41(46)29-33)32-25-26-43-36(27-32)34-17-8-10-22-42(34)52-43/h1-29H. The first kappa shape index (κ1) is 28.8. The van der Waals surface area contributed by atoms with E-state index >= 15 is 0 Å². The highest BCUT2D eigenvalue weighted by Gasteiger charge is 2.29. The highest BCUT2D eigenvalue weighted by Crippen LogP contribution is 2.54. The van der Waals surface area contributed by atoms with Gasteiger partial charge in [0.15, 0.2) is 0 Å². The smallest absolute Gasteiger partial charge is 0.135 e. The predicted octanol–water partition coefficient (Wildman–Crippen LogP) is 14.3. The Bertz CT molecular complexity index is 3250. The first-order chi connectivity index (χ1) is 26.3. The lowest BCUT2D eigenvalue weighted by atomic mass is 10.1. The number of nitrogens with zero attached hydrogens (tertiary/aromatic N) is 3. The first-order valence-electron chi connectivity index (χ1n) is 17.9. The number of furan rings is 1. The van der Waals surface area contributed by atoms with E-state index in [9.17, 15) is 0 Å². The number of aromatic nitrogens is 1. The number of rotatable bonds is 3. The number of hydrogen-bond donors (Lipinski definition) is 0. The van der Waals surface area contributed by atoms with Crippen molar-refractivity contribution in [1.29, 1.82) is 0 Å². The van der Waals surface area contributed by atoms with Crippen molar-refractivity contribution in [2.45, 2.75) is 0 Å². The largest absolute Gasteiger partial charge is 0.456 e. The zero-order valence-corrected chi connectivity index (χ0v) is 29.2. The molecule has 2 bridgehead atoms. The Morgan fingerprint density at radius 2 is 0.981 bits per heavy atom. The molecule has 0 radical (unpaired) electrons. The van der Waals surface area contributed by atoms with Crippen molar-refractivity contribution in [2.24, 2.45) is 0 Å². The van der Waals surface area contributed by atoms with Gasteiger partial charge in [-0.25, -0.2) is 0 Å². The van der Waals surface area contributed by atoms with E-state index in [4.69, 9.17) is 4.42 Å². The molecular formula is C48H29N3OS. The maximum atomic E-state index is 6.29. The maximum Gasteiger partial charge on any atom is 0.135 e. The number of anilines is 6. The maximum absolute atomic E-state index is 6.29. The fourth-order valence-electron chi connectivity index (χ4n) is 8.69. The van der Waals surface area contributed by atoms with Crippen LogP contribution in [-0.4, -0.2) is 4.57 Å². The number of thiophene rings is 1. The summed E-state index contributed by atoms with van der Waals surface area (Å²) in [5.41, 5.74) is 12.0. The summed E-state index contributed by atoms with van der Waals surface area (Å²) in [6, 6.07) is 63.8. The van der Waals surface area contributed by atoms with Crippen molar-refractivity contribution in [1.82, 2.24) is 4.57 Å². The minimum atomic E-state index is 0.889. The van der Waals surface area contributed by atoms with Gasteiger partial charge < -0.3 is 18.8 Å². The van der Waals surface area contributed by atoms with Gasteiger partial charge in [-0.3, -0.25) is 0 Å². The summed E-state index contributed by atoms with van der Waals surface area (Å²) >= 11 is 1.87. The second-order valence-corrected chi connectivity index (χ2v) is 14.8. The van der Waals surface area contributed by atoms with E-state index < -0.39 is 0 Å². The molecule has 4 nitrogen and oxygen atoms in total. The fourth-order valence-corrected chi connectivity index (χ4v) is 9.84. The molecule has 53 heavy (non-hydrogen) atoms.